The Hall–Kier alpha value is -1.58. The first-order valence-electron chi connectivity index (χ1n) is 7.20. The van der Waals surface area contributed by atoms with E-state index < -0.39 is 0 Å². The SMILES string of the molecule is CCCNCc1nc(Oc2cc(C)cc(C)c2)ccc1Cl. The summed E-state index contributed by atoms with van der Waals surface area (Å²) in [6, 6.07) is 9.73. The molecule has 0 fully saturated rings. The van der Waals surface area contributed by atoms with Crippen molar-refractivity contribution in [3.05, 3.63) is 52.2 Å². The number of rotatable bonds is 6. The van der Waals surface area contributed by atoms with E-state index >= 15 is 0 Å². The lowest BCUT2D eigenvalue weighted by molar-refractivity contribution is 0.459. The average molecular weight is 305 g/mol. The highest BCUT2D eigenvalue weighted by Crippen LogP contribution is 2.24. The summed E-state index contributed by atoms with van der Waals surface area (Å²) in [6.45, 7) is 7.82. The molecule has 1 aromatic heterocycles. The fraction of sp³-hybridized carbons (Fsp3) is 0.353. The van der Waals surface area contributed by atoms with Crippen LogP contribution in [0.3, 0.4) is 0 Å². The van der Waals surface area contributed by atoms with Crippen LogP contribution in [0.1, 0.15) is 30.2 Å². The molecule has 1 N–H and O–H groups in total. The zero-order valence-corrected chi connectivity index (χ0v) is 13.5. The zero-order chi connectivity index (χ0) is 15.2. The van der Waals surface area contributed by atoms with Crippen molar-refractivity contribution in [2.24, 2.45) is 0 Å². The molecule has 1 aromatic carbocycles. The predicted molar refractivity (Wildman–Crippen MR) is 87.2 cm³/mol. The molecule has 3 nitrogen and oxygen atoms in total. The number of hydrogen-bond acceptors (Lipinski definition) is 3. The van der Waals surface area contributed by atoms with Crippen LogP contribution < -0.4 is 10.1 Å². The Labute approximate surface area is 131 Å². The van der Waals surface area contributed by atoms with Crippen LogP contribution in [0.4, 0.5) is 0 Å². The van der Waals surface area contributed by atoms with Crippen LogP contribution in [-0.2, 0) is 6.54 Å². The summed E-state index contributed by atoms with van der Waals surface area (Å²) >= 11 is 6.17. The van der Waals surface area contributed by atoms with Gasteiger partial charge in [0.1, 0.15) is 5.75 Å². The third kappa shape index (κ3) is 4.73. The van der Waals surface area contributed by atoms with Gasteiger partial charge in [0.25, 0.3) is 0 Å². The summed E-state index contributed by atoms with van der Waals surface area (Å²) in [7, 11) is 0. The maximum absolute atomic E-state index is 6.17. The minimum atomic E-state index is 0.567. The van der Waals surface area contributed by atoms with E-state index in [1.807, 2.05) is 18.2 Å². The number of halogens is 1. The Bertz CT molecular complexity index is 593. The number of hydrogen-bond donors (Lipinski definition) is 1. The molecule has 0 amide bonds. The Morgan fingerprint density at radius 2 is 1.86 bits per heavy atom. The summed E-state index contributed by atoms with van der Waals surface area (Å²) in [5, 5.41) is 3.96. The van der Waals surface area contributed by atoms with Gasteiger partial charge in [-0.2, -0.15) is 0 Å². The fourth-order valence-corrected chi connectivity index (χ4v) is 2.31. The molecule has 0 saturated carbocycles. The molecule has 4 heteroatoms. The maximum atomic E-state index is 6.17. The van der Waals surface area contributed by atoms with Gasteiger partial charge in [-0.05, 0) is 56.1 Å². The average Bonchev–Trinajstić information content (AvgIpc) is 2.41. The van der Waals surface area contributed by atoms with Gasteiger partial charge in [0.05, 0.1) is 10.7 Å². The Morgan fingerprint density at radius 3 is 2.52 bits per heavy atom. The van der Waals surface area contributed by atoms with E-state index in [1.54, 1.807) is 6.07 Å². The van der Waals surface area contributed by atoms with Gasteiger partial charge in [-0.15, -0.1) is 0 Å². The van der Waals surface area contributed by atoms with Gasteiger partial charge < -0.3 is 10.1 Å². The van der Waals surface area contributed by atoms with Crippen LogP contribution in [0.2, 0.25) is 5.02 Å². The van der Waals surface area contributed by atoms with Gasteiger partial charge >= 0.3 is 0 Å². The molecule has 0 aliphatic heterocycles. The van der Waals surface area contributed by atoms with Crippen LogP contribution in [0.15, 0.2) is 30.3 Å². The summed E-state index contributed by atoms with van der Waals surface area (Å²) < 4.78 is 5.84. The molecule has 0 radical (unpaired) electrons. The Morgan fingerprint density at radius 1 is 1.14 bits per heavy atom. The first-order valence-corrected chi connectivity index (χ1v) is 7.58. The second kappa shape index (κ2) is 7.43. The minimum absolute atomic E-state index is 0.567. The molecule has 112 valence electrons. The van der Waals surface area contributed by atoms with E-state index in [9.17, 15) is 0 Å². The molecule has 1 heterocycles. The van der Waals surface area contributed by atoms with E-state index in [0.29, 0.717) is 17.4 Å². The maximum Gasteiger partial charge on any atom is 0.219 e. The minimum Gasteiger partial charge on any atom is -0.439 e. The second-order valence-electron chi connectivity index (χ2n) is 5.18. The second-order valence-corrected chi connectivity index (χ2v) is 5.59. The Balaban J connectivity index is 2.14. The number of benzene rings is 1. The zero-order valence-electron chi connectivity index (χ0n) is 12.7. The van der Waals surface area contributed by atoms with Gasteiger partial charge in [-0.25, -0.2) is 4.98 Å². The highest BCUT2D eigenvalue weighted by Gasteiger charge is 2.06. The molecule has 0 bridgehead atoms. The van der Waals surface area contributed by atoms with Crippen molar-refractivity contribution in [3.8, 4) is 11.6 Å². The molecular formula is C17H21ClN2O. The molecule has 0 aliphatic rings. The number of aryl methyl sites for hydroxylation is 2. The molecule has 0 aliphatic carbocycles. The number of ether oxygens (including phenoxy) is 1. The molecule has 0 unspecified atom stereocenters. The van der Waals surface area contributed by atoms with Crippen LogP contribution in [0, 0.1) is 13.8 Å². The van der Waals surface area contributed by atoms with Crippen molar-refractivity contribution in [2.75, 3.05) is 6.54 Å². The standard InChI is InChI=1S/C17H21ClN2O/c1-4-7-19-11-16-15(18)5-6-17(20-16)21-14-9-12(2)8-13(3)10-14/h5-6,8-10,19H,4,7,11H2,1-3H3. The first-order chi connectivity index (χ1) is 10.1. The third-order valence-electron chi connectivity index (χ3n) is 3.03. The monoisotopic (exact) mass is 304 g/mol. The van der Waals surface area contributed by atoms with E-state index in [-0.39, 0.29) is 0 Å². The molecule has 2 aromatic rings. The van der Waals surface area contributed by atoms with Crippen molar-refractivity contribution in [1.82, 2.24) is 10.3 Å². The molecule has 0 saturated heterocycles. The Kier molecular flexibility index (Phi) is 5.59. The van der Waals surface area contributed by atoms with Gasteiger partial charge in [0.2, 0.25) is 5.88 Å². The molecule has 2 rings (SSSR count). The molecule has 0 spiro atoms. The molecule has 0 atom stereocenters. The predicted octanol–water partition coefficient (Wildman–Crippen LogP) is 4.64. The third-order valence-corrected chi connectivity index (χ3v) is 3.37. The number of aromatic nitrogens is 1. The van der Waals surface area contributed by atoms with Gasteiger partial charge in [-0.1, -0.05) is 24.6 Å². The summed E-state index contributed by atoms with van der Waals surface area (Å²) in [4.78, 5) is 4.48. The van der Waals surface area contributed by atoms with Crippen LogP contribution in [0.25, 0.3) is 0 Å². The van der Waals surface area contributed by atoms with Gasteiger partial charge in [-0.3, -0.25) is 0 Å². The van der Waals surface area contributed by atoms with Crippen molar-refractivity contribution in [3.63, 3.8) is 0 Å². The number of nitrogens with one attached hydrogen (secondary N) is 1. The summed E-state index contributed by atoms with van der Waals surface area (Å²) in [5.41, 5.74) is 3.15. The van der Waals surface area contributed by atoms with Crippen molar-refractivity contribution in [1.29, 1.82) is 0 Å². The topological polar surface area (TPSA) is 34.2 Å². The molecular weight excluding hydrogens is 284 g/mol. The van der Waals surface area contributed by atoms with Crippen LogP contribution in [0.5, 0.6) is 11.6 Å². The number of pyridine rings is 1. The van der Waals surface area contributed by atoms with Crippen LogP contribution >= 0.6 is 11.6 Å². The van der Waals surface area contributed by atoms with Crippen molar-refractivity contribution < 1.29 is 4.74 Å². The smallest absolute Gasteiger partial charge is 0.219 e. The largest absolute Gasteiger partial charge is 0.439 e. The fourth-order valence-electron chi connectivity index (χ4n) is 2.14. The van der Waals surface area contributed by atoms with Crippen molar-refractivity contribution >= 4 is 11.6 Å². The molecule has 21 heavy (non-hydrogen) atoms. The first kappa shape index (κ1) is 15.8. The quantitative estimate of drug-likeness (QED) is 0.789. The highest BCUT2D eigenvalue weighted by molar-refractivity contribution is 6.31. The van der Waals surface area contributed by atoms with Gasteiger partial charge in [0, 0.05) is 12.6 Å². The van der Waals surface area contributed by atoms with Gasteiger partial charge in [0.15, 0.2) is 0 Å². The summed E-state index contributed by atoms with van der Waals surface area (Å²) in [5.74, 6) is 1.37. The lowest BCUT2D eigenvalue weighted by Crippen LogP contribution is -2.15. The highest BCUT2D eigenvalue weighted by atomic mass is 35.5. The normalized spacial score (nSPS) is 10.7. The van der Waals surface area contributed by atoms with Crippen LogP contribution in [-0.4, -0.2) is 11.5 Å². The van der Waals surface area contributed by atoms with E-state index in [2.05, 4.69) is 37.1 Å². The lowest BCUT2D eigenvalue weighted by Gasteiger charge is -2.10. The van der Waals surface area contributed by atoms with E-state index in [0.717, 1.165) is 24.4 Å². The number of nitrogens with zero attached hydrogens (tertiary/aromatic N) is 1. The van der Waals surface area contributed by atoms with E-state index in [1.165, 1.54) is 11.1 Å². The van der Waals surface area contributed by atoms with E-state index in [4.69, 9.17) is 16.3 Å². The lowest BCUT2D eigenvalue weighted by atomic mass is 10.1. The summed E-state index contributed by atoms with van der Waals surface area (Å²) in [6.07, 6.45) is 1.08. The van der Waals surface area contributed by atoms with Crippen molar-refractivity contribution in [2.45, 2.75) is 33.7 Å².